The Balaban J connectivity index is 2.02. The van der Waals surface area contributed by atoms with Crippen LogP contribution in [0, 0.1) is 0 Å². The minimum Gasteiger partial charge on any atom is -0.394 e. The van der Waals surface area contributed by atoms with Crippen molar-refractivity contribution in [2.75, 3.05) is 32.0 Å². The normalized spacial score (nSPS) is 18.2. The monoisotopic (exact) mass is 301 g/mol. The average Bonchev–Trinajstić information content (AvgIpc) is 2.45. The Morgan fingerprint density at radius 2 is 2.15 bits per heavy atom. The van der Waals surface area contributed by atoms with E-state index in [2.05, 4.69) is 4.98 Å². The summed E-state index contributed by atoms with van der Waals surface area (Å²) in [6.07, 6.45) is 2.65. The molecule has 0 spiro atoms. The van der Waals surface area contributed by atoms with Crippen LogP contribution in [0.3, 0.4) is 0 Å². The SMILES string of the molecule is Nc1cc(S(=O)(=O)N2CCC(OCCO)CC2)ccn1. The second kappa shape index (κ2) is 6.49. The number of ether oxygens (including phenoxy) is 1. The van der Waals surface area contributed by atoms with Crippen LogP contribution >= 0.6 is 0 Å². The van der Waals surface area contributed by atoms with Crippen LogP contribution in [-0.2, 0) is 14.8 Å². The Hall–Kier alpha value is -1.22. The number of aliphatic hydroxyl groups excluding tert-OH is 1. The number of piperidine rings is 1. The number of hydrogen-bond donors (Lipinski definition) is 2. The largest absolute Gasteiger partial charge is 0.394 e. The summed E-state index contributed by atoms with van der Waals surface area (Å²) >= 11 is 0. The zero-order valence-electron chi connectivity index (χ0n) is 11.1. The van der Waals surface area contributed by atoms with Gasteiger partial charge in [0.15, 0.2) is 0 Å². The van der Waals surface area contributed by atoms with Crippen LogP contribution in [0.4, 0.5) is 5.82 Å². The second-order valence-electron chi connectivity index (χ2n) is 4.61. The maximum atomic E-state index is 12.4. The van der Waals surface area contributed by atoms with Crippen molar-refractivity contribution in [3.8, 4) is 0 Å². The number of nitrogen functional groups attached to an aromatic ring is 1. The lowest BCUT2D eigenvalue weighted by atomic mass is 10.1. The van der Waals surface area contributed by atoms with Gasteiger partial charge in [0.2, 0.25) is 10.0 Å². The lowest BCUT2D eigenvalue weighted by Gasteiger charge is -2.31. The molecule has 20 heavy (non-hydrogen) atoms. The summed E-state index contributed by atoms with van der Waals surface area (Å²) in [4.78, 5) is 3.96. The van der Waals surface area contributed by atoms with Gasteiger partial charge >= 0.3 is 0 Å². The van der Waals surface area contributed by atoms with Gasteiger partial charge in [-0.15, -0.1) is 0 Å². The van der Waals surface area contributed by atoms with Crippen molar-refractivity contribution in [1.29, 1.82) is 0 Å². The fourth-order valence-electron chi connectivity index (χ4n) is 2.20. The number of rotatable bonds is 5. The molecule has 1 aliphatic heterocycles. The summed E-state index contributed by atoms with van der Waals surface area (Å²) < 4.78 is 31.7. The van der Waals surface area contributed by atoms with Gasteiger partial charge in [-0.1, -0.05) is 0 Å². The second-order valence-corrected chi connectivity index (χ2v) is 6.55. The van der Waals surface area contributed by atoms with Crippen molar-refractivity contribution in [2.24, 2.45) is 0 Å². The van der Waals surface area contributed by atoms with E-state index in [1.54, 1.807) is 0 Å². The van der Waals surface area contributed by atoms with E-state index < -0.39 is 10.0 Å². The fraction of sp³-hybridized carbons (Fsp3) is 0.583. The predicted molar refractivity (Wildman–Crippen MR) is 73.5 cm³/mol. The summed E-state index contributed by atoms with van der Waals surface area (Å²) in [7, 11) is -3.52. The Morgan fingerprint density at radius 3 is 2.75 bits per heavy atom. The highest BCUT2D eigenvalue weighted by Crippen LogP contribution is 2.22. The van der Waals surface area contributed by atoms with Gasteiger partial charge in [-0.3, -0.25) is 0 Å². The van der Waals surface area contributed by atoms with Crippen molar-refractivity contribution in [1.82, 2.24) is 9.29 Å². The zero-order chi connectivity index (χ0) is 14.6. The van der Waals surface area contributed by atoms with Gasteiger partial charge in [0.05, 0.1) is 24.2 Å². The number of anilines is 1. The third-order valence-electron chi connectivity index (χ3n) is 3.24. The quantitative estimate of drug-likeness (QED) is 0.782. The van der Waals surface area contributed by atoms with E-state index in [-0.39, 0.29) is 30.0 Å². The number of aromatic nitrogens is 1. The van der Waals surface area contributed by atoms with Gasteiger partial charge in [-0.2, -0.15) is 4.31 Å². The molecule has 8 heteroatoms. The number of pyridine rings is 1. The summed E-state index contributed by atoms with van der Waals surface area (Å²) in [6, 6.07) is 2.81. The molecule has 0 radical (unpaired) electrons. The molecule has 0 saturated carbocycles. The number of nitrogens with two attached hydrogens (primary N) is 1. The van der Waals surface area contributed by atoms with E-state index in [0.717, 1.165) is 0 Å². The van der Waals surface area contributed by atoms with E-state index in [9.17, 15) is 8.42 Å². The molecular formula is C12H19N3O4S. The van der Waals surface area contributed by atoms with Crippen molar-refractivity contribution in [3.63, 3.8) is 0 Å². The molecule has 0 bridgehead atoms. The van der Waals surface area contributed by atoms with E-state index in [4.69, 9.17) is 15.6 Å². The van der Waals surface area contributed by atoms with Gasteiger partial charge in [-0.25, -0.2) is 13.4 Å². The maximum absolute atomic E-state index is 12.4. The molecule has 1 aliphatic rings. The molecule has 1 saturated heterocycles. The van der Waals surface area contributed by atoms with Crippen molar-refractivity contribution in [2.45, 2.75) is 23.8 Å². The summed E-state index contributed by atoms with van der Waals surface area (Å²) in [6.45, 7) is 1.08. The molecule has 0 aliphatic carbocycles. The number of nitrogens with zero attached hydrogens (tertiary/aromatic N) is 2. The number of aliphatic hydroxyl groups is 1. The van der Waals surface area contributed by atoms with Crippen LogP contribution in [0.2, 0.25) is 0 Å². The molecule has 1 aromatic heterocycles. The Morgan fingerprint density at radius 1 is 1.45 bits per heavy atom. The molecule has 3 N–H and O–H groups in total. The first kappa shape index (κ1) is 15.2. The Bertz CT molecular complexity index is 541. The molecule has 1 fully saturated rings. The van der Waals surface area contributed by atoms with Crippen LogP contribution in [-0.4, -0.2) is 55.2 Å². The first-order valence-electron chi connectivity index (χ1n) is 6.48. The zero-order valence-corrected chi connectivity index (χ0v) is 11.9. The van der Waals surface area contributed by atoms with Gasteiger partial charge in [0, 0.05) is 25.4 Å². The molecule has 0 amide bonds. The molecular weight excluding hydrogens is 282 g/mol. The highest BCUT2D eigenvalue weighted by Gasteiger charge is 2.29. The molecule has 1 aromatic rings. The minimum absolute atomic E-state index is 0.0103. The number of hydrogen-bond acceptors (Lipinski definition) is 6. The predicted octanol–water partition coefficient (Wildman–Crippen LogP) is -0.174. The fourth-order valence-corrected chi connectivity index (χ4v) is 3.69. The summed E-state index contributed by atoms with van der Waals surface area (Å²) in [5, 5.41) is 8.70. The smallest absolute Gasteiger partial charge is 0.243 e. The molecule has 2 rings (SSSR count). The first-order chi connectivity index (χ1) is 9.54. The lowest BCUT2D eigenvalue weighted by Crippen LogP contribution is -2.41. The third-order valence-corrected chi connectivity index (χ3v) is 5.13. The maximum Gasteiger partial charge on any atom is 0.243 e. The molecule has 0 atom stereocenters. The highest BCUT2D eigenvalue weighted by atomic mass is 32.2. The molecule has 0 unspecified atom stereocenters. The van der Waals surface area contributed by atoms with E-state index in [1.807, 2.05) is 0 Å². The number of sulfonamides is 1. The van der Waals surface area contributed by atoms with E-state index in [1.165, 1.54) is 22.6 Å². The molecule has 2 heterocycles. The highest BCUT2D eigenvalue weighted by molar-refractivity contribution is 7.89. The first-order valence-corrected chi connectivity index (χ1v) is 7.92. The van der Waals surface area contributed by atoms with Gasteiger partial charge in [0.25, 0.3) is 0 Å². The average molecular weight is 301 g/mol. The summed E-state index contributed by atoms with van der Waals surface area (Å²) in [5.74, 6) is 0.187. The standard InChI is InChI=1S/C12H19N3O4S/c13-12-9-11(1-4-14-12)20(17,18)15-5-2-10(3-6-15)19-8-7-16/h1,4,9-10,16H,2-3,5-8H2,(H2,13,14). The van der Waals surface area contributed by atoms with Gasteiger partial charge < -0.3 is 15.6 Å². The molecule has 0 aromatic carbocycles. The third kappa shape index (κ3) is 3.45. The topological polar surface area (TPSA) is 106 Å². The van der Waals surface area contributed by atoms with Gasteiger partial charge in [-0.05, 0) is 18.9 Å². The van der Waals surface area contributed by atoms with Crippen molar-refractivity contribution < 1.29 is 18.3 Å². The summed E-state index contributed by atoms with van der Waals surface area (Å²) in [5.41, 5.74) is 5.52. The van der Waals surface area contributed by atoms with Crippen LogP contribution in [0.1, 0.15) is 12.8 Å². The van der Waals surface area contributed by atoms with Crippen LogP contribution in [0.25, 0.3) is 0 Å². The van der Waals surface area contributed by atoms with Crippen LogP contribution in [0.15, 0.2) is 23.2 Å². The van der Waals surface area contributed by atoms with Crippen molar-refractivity contribution >= 4 is 15.8 Å². The van der Waals surface area contributed by atoms with E-state index >= 15 is 0 Å². The molecule has 112 valence electrons. The van der Waals surface area contributed by atoms with E-state index in [0.29, 0.717) is 25.9 Å². The van der Waals surface area contributed by atoms with Crippen molar-refractivity contribution in [3.05, 3.63) is 18.3 Å². The van der Waals surface area contributed by atoms with Crippen LogP contribution < -0.4 is 5.73 Å². The Kier molecular flexibility index (Phi) is 4.92. The minimum atomic E-state index is -3.52. The lowest BCUT2D eigenvalue weighted by molar-refractivity contribution is 0.00318. The molecule has 7 nitrogen and oxygen atoms in total. The van der Waals surface area contributed by atoms with Crippen LogP contribution in [0.5, 0.6) is 0 Å². The Labute approximate surface area is 118 Å². The van der Waals surface area contributed by atoms with Gasteiger partial charge in [0.1, 0.15) is 5.82 Å².